The molecule has 3 fully saturated rings. The van der Waals surface area contributed by atoms with E-state index in [0.29, 0.717) is 187 Å². The van der Waals surface area contributed by atoms with E-state index in [0.717, 1.165) is 14.7 Å². The number of piperidine rings is 3. The van der Waals surface area contributed by atoms with E-state index in [4.69, 9.17) is 83.1 Å². The van der Waals surface area contributed by atoms with Gasteiger partial charge in [0.15, 0.2) is 0 Å². The summed E-state index contributed by atoms with van der Waals surface area (Å²) >= 11 is 7.08. The summed E-state index contributed by atoms with van der Waals surface area (Å²) in [6, 6.07) is 11.2. The number of carbonyl (C=O) groups excluding carboxylic acids is 14. The van der Waals surface area contributed by atoms with Crippen molar-refractivity contribution < 1.29 is 138 Å². The summed E-state index contributed by atoms with van der Waals surface area (Å²) in [7, 11) is 0. The van der Waals surface area contributed by atoms with Crippen LogP contribution in [0.2, 0.25) is 0 Å². The standard InChI is InChI=1S/C29H37N3O10.C24H29N3O8.C17H30O6.C13H9BrN2O4.CO.CH2S.ClH/c1-29(2,3)42-28(37)30-10-12-39-14-16-41-18-17-40-15-13-38-11-4-5-20-6-7-21-22(19-20)27(36)32(26(21)35)23-8-9-24(33)31-25(23)34;25-7-9-33-11-13-35-15-14-34-12-10-32-8-1-2-17-3-4-18-19(16-17)24(31)27(23(18)30)20-5-6-21(28)26-22(20)29;1-5-8-19-10-12-21-14-15-22-13-11-20-9-6-7-16(18)23-17(2,3)4;14-6-1-2-7-8(5-6)13(20)16(12(7)19)9-3-4-10(17)15-11(9)18;2*1-2;/h6-7,19,23H,8-18H2,1-3H3,(H,30,37)(H,31,33,34);3-4,16,20H,5-15,25H2,(H,26,28,29);1H,6-15H2,2-4H3;1-2,5,9H,3-4H2,(H,15,17,18);;1H2;1H. The second-order valence-corrected chi connectivity index (χ2v) is 29.4. The number of fused-ring (bicyclic) bond motifs is 3. The first kappa shape index (κ1) is 109. The Morgan fingerprint density at radius 2 is 0.768 bits per heavy atom. The van der Waals surface area contributed by atoms with Gasteiger partial charge in [0.25, 0.3) is 35.4 Å². The Morgan fingerprint density at radius 1 is 0.464 bits per heavy atom. The van der Waals surface area contributed by atoms with Crippen molar-refractivity contribution >= 4 is 129 Å². The van der Waals surface area contributed by atoms with Gasteiger partial charge in [0.05, 0.1) is 166 Å². The molecule has 3 aromatic carbocycles. The fraction of sp³-hybridized carbons (Fsp3) is 0.529. The summed E-state index contributed by atoms with van der Waals surface area (Å²) in [5, 5.41) is 9.10. The first-order chi connectivity index (χ1) is 59.5. The molecule has 40 heteroatoms. The van der Waals surface area contributed by atoms with Gasteiger partial charge in [-0.25, -0.2) is 4.79 Å². The quantitative estimate of drug-likeness (QED) is 0.0101. The van der Waals surface area contributed by atoms with Gasteiger partial charge in [0, 0.05) is 61.0 Å². The van der Waals surface area contributed by atoms with Crippen LogP contribution in [0.1, 0.15) is 166 Å². The molecule has 9 rings (SSSR count). The van der Waals surface area contributed by atoms with E-state index in [1.54, 1.807) is 51.1 Å². The van der Waals surface area contributed by atoms with Gasteiger partial charge in [-0.15, -0.1) is 18.8 Å². The van der Waals surface area contributed by atoms with E-state index in [-0.39, 0.29) is 109 Å². The summed E-state index contributed by atoms with van der Waals surface area (Å²) in [5.41, 5.74) is 6.75. The van der Waals surface area contributed by atoms with Gasteiger partial charge >= 0.3 is 23.4 Å². The van der Waals surface area contributed by atoms with Gasteiger partial charge in [-0.3, -0.25) is 93.0 Å². The number of terminal acetylenes is 1. The van der Waals surface area contributed by atoms with E-state index in [1.807, 2.05) is 20.8 Å². The zero-order chi connectivity index (χ0) is 91.4. The van der Waals surface area contributed by atoms with Crippen LogP contribution < -0.4 is 27.0 Å². The van der Waals surface area contributed by atoms with Crippen molar-refractivity contribution in [3.8, 4) is 36.0 Å². The molecule has 3 unspecified atom stereocenters. The predicted octanol–water partition coefficient (Wildman–Crippen LogP) is 4.15. The number of hydrogen-bond donors (Lipinski definition) is 5. The van der Waals surface area contributed by atoms with Crippen molar-refractivity contribution in [3.63, 3.8) is 0 Å². The fourth-order valence-electron chi connectivity index (χ4n) is 11.5. The molecule has 13 amide bonds. The third-order valence-corrected chi connectivity index (χ3v) is 17.4. The number of nitrogens with zero attached hydrogens (tertiary/aromatic N) is 3. The molecule has 0 aromatic heterocycles. The number of hydrogen-bond acceptors (Lipinski definition) is 30. The molecule has 3 saturated heterocycles. The summed E-state index contributed by atoms with van der Waals surface area (Å²) < 4.78 is 82.5. The molecular formula is C85H108BrClN8O29S. The average molecular weight is 1850 g/mol. The Kier molecular flexibility index (Phi) is 52.9. The molecule has 6 N–H and O–H groups in total. The van der Waals surface area contributed by atoms with Crippen molar-refractivity contribution in [2.24, 2.45) is 5.73 Å². The zero-order valence-electron chi connectivity index (χ0n) is 70.7. The average Bonchev–Trinajstić information content (AvgIpc) is 1.62. The molecule has 0 aliphatic carbocycles. The molecular weight excluding hydrogens is 1740 g/mol. The number of imide groups is 6. The second-order valence-electron chi connectivity index (χ2n) is 28.4. The van der Waals surface area contributed by atoms with E-state index in [9.17, 15) is 67.1 Å². The maximum absolute atomic E-state index is 12.9. The molecule has 125 heavy (non-hydrogen) atoms. The number of nitrogens with two attached hydrogens (primary N) is 1. The van der Waals surface area contributed by atoms with Crippen molar-refractivity contribution in [2.75, 3.05) is 172 Å². The van der Waals surface area contributed by atoms with Crippen molar-refractivity contribution in [1.82, 2.24) is 36.0 Å². The number of amides is 13. The number of carbonyl (C=O) groups is 14. The van der Waals surface area contributed by atoms with Gasteiger partial charge in [0.1, 0.15) is 49.1 Å². The van der Waals surface area contributed by atoms with Gasteiger partial charge in [-0.05, 0) is 128 Å². The number of halogens is 2. The summed E-state index contributed by atoms with van der Waals surface area (Å²) in [4.78, 5) is 171. The monoisotopic (exact) mass is 1850 g/mol. The molecule has 6 heterocycles. The molecule has 6 aliphatic heterocycles. The minimum absolute atomic E-state index is 0. The Morgan fingerprint density at radius 3 is 1.10 bits per heavy atom. The molecule has 3 atom stereocenters. The third-order valence-electron chi connectivity index (χ3n) is 16.9. The molecule has 37 nitrogen and oxygen atoms in total. The minimum atomic E-state index is -1.01. The Labute approximate surface area is 745 Å². The van der Waals surface area contributed by atoms with Gasteiger partial charge < -0.3 is 77.4 Å². The van der Waals surface area contributed by atoms with Gasteiger partial charge in [-0.2, -0.15) is 0 Å². The molecule has 0 bridgehead atoms. The predicted molar refractivity (Wildman–Crippen MR) is 454 cm³/mol. The van der Waals surface area contributed by atoms with Crippen LogP contribution in [0.25, 0.3) is 0 Å². The van der Waals surface area contributed by atoms with Gasteiger partial charge in [-0.1, -0.05) is 57.7 Å². The normalized spacial score (nSPS) is 16.0. The van der Waals surface area contributed by atoms with E-state index >= 15 is 0 Å². The summed E-state index contributed by atoms with van der Waals surface area (Å²) in [6.07, 6.45) is 6.21. The van der Waals surface area contributed by atoms with Crippen molar-refractivity contribution in [3.05, 3.63) is 110 Å². The van der Waals surface area contributed by atoms with Crippen LogP contribution in [0.15, 0.2) is 59.1 Å². The second kappa shape index (κ2) is 60.6. The molecule has 0 radical (unpaired) electrons. The topological polar surface area (TPSA) is 472 Å². The maximum atomic E-state index is 12.9. The fourth-order valence-corrected chi connectivity index (χ4v) is 11.9. The zero-order valence-corrected chi connectivity index (χ0v) is 73.9. The SMILES string of the molecule is C#CCOCCOCCOCCOCCCC(=O)OC(C)(C)C.C=S.CC(C)(C)OC(=O)NCCOCCOCCOCCOCC#Cc1ccc2c(c1)C(=O)N(C1CCC(=O)NC1=O)C2=O.Cl.NCCOCCOCCOCCOCC#Cc1ccc2c(c1)C(=O)N(C1CCC(=O)NC1=O)C2=O.O=C1CCC(N2C(=O)c3ccc(Br)cc3C2=O)C(=O)N1.[C-]#[O+]. The molecule has 3 aromatic rings. The van der Waals surface area contributed by atoms with Crippen LogP contribution in [0.5, 0.6) is 0 Å². The van der Waals surface area contributed by atoms with E-state index < -0.39 is 100 Å². The number of nitrogens with one attached hydrogen (secondary N) is 4. The molecule has 6 aliphatic rings. The molecule has 682 valence electrons. The number of ether oxygens (including phenoxy) is 14. The van der Waals surface area contributed by atoms with Crippen LogP contribution in [-0.2, 0) is 105 Å². The van der Waals surface area contributed by atoms with Crippen LogP contribution in [0.3, 0.4) is 0 Å². The third kappa shape index (κ3) is 40.0. The van der Waals surface area contributed by atoms with Crippen LogP contribution >= 0.6 is 40.6 Å². The summed E-state index contributed by atoms with van der Waals surface area (Å²) in [6.45, 7) is 26.3. The molecule has 0 spiro atoms. The van der Waals surface area contributed by atoms with E-state index in [1.165, 1.54) is 24.3 Å². The molecule has 0 saturated carbocycles. The van der Waals surface area contributed by atoms with Crippen LogP contribution in [0.4, 0.5) is 4.79 Å². The number of rotatable bonds is 42. The number of esters is 1. The first-order valence-electron chi connectivity index (χ1n) is 39.5. The van der Waals surface area contributed by atoms with Crippen molar-refractivity contribution in [1.29, 1.82) is 0 Å². The number of thiocarbonyl (C=S) groups is 1. The van der Waals surface area contributed by atoms with Crippen LogP contribution in [0, 0.1) is 42.7 Å². The Bertz CT molecular complexity index is 4320. The Hall–Kier alpha value is -10.0. The van der Waals surface area contributed by atoms with Gasteiger partial charge in [0.2, 0.25) is 35.4 Å². The summed E-state index contributed by atoms with van der Waals surface area (Å²) in [5.74, 6) is 10.2. The Balaban J connectivity index is 0.000000439. The van der Waals surface area contributed by atoms with Crippen molar-refractivity contribution in [2.45, 2.75) is 122 Å². The number of benzene rings is 3. The van der Waals surface area contributed by atoms with Crippen LogP contribution in [-0.4, -0.2) is 305 Å². The van der Waals surface area contributed by atoms with E-state index in [2.05, 4.69) is 91.5 Å². The first-order valence-corrected chi connectivity index (χ1v) is 40.9. The number of alkyl carbamates (subject to hydrolysis) is 1.